The third kappa shape index (κ3) is 5.74. The summed E-state index contributed by atoms with van der Waals surface area (Å²) >= 11 is 0. The van der Waals surface area contributed by atoms with E-state index in [4.69, 9.17) is 4.42 Å². The third-order valence-electron chi connectivity index (χ3n) is 3.31. The van der Waals surface area contributed by atoms with Crippen molar-refractivity contribution in [2.45, 2.75) is 19.0 Å². The van der Waals surface area contributed by atoms with Gasteiger partial charge >= 0.3 is 6.18 Å². The summed E-state index contributed by atoms with van der Waals surface area (Å²) in [4.78, 5) is 16.6. The summed E-state index contributed by atoms with van der Waals surface area (Å²) in [6, 6.07) is 5.57. The van der Waals surface area contributed by atoms with Crippen molar-refractivity contribution < 1.29 is 26.8 Å². The lowest BCUT2D eigenvalue weighted by Crippen LogP contribution is -2.39. The van der Waals surface area contributed by atoms with Crippen LogP contribution in [-0.4, -0.2) is 35.1 Å². The van der Waals surface area contributed by atoms with Crippen LogP contribution in [0.2, 0.25) is 0 Å². The average Bonchev–Trinajstić information content (AvgIpc) is 3.00. The summed E-state index contributed by atoms with van der Waals surface area (Å²) in [6.45, 7) is 1.84. The van der Waals surface area contributed by atoms with E-state index in [1.54, 1.807) is 0 Å². The fourth-order valence-corrected chi connectivity index (χ4v) is 2.17. The van der Waals surface area contributed by atoms with Crippen LogP contribution in [0, 0.1) is 5.82 Å². The highest BCUT2D eigenvalue weighted by molar-refractivity contribution is 5.76. The first-order valence-corrected chi connectivity index (χ1v) is 7.44. The normalized spacial score (nSPS) is 11.4. The lowest BCUT2D eigenvalue weighted by Gasteiger charge is -2.22. The highest BCUT2D eigenvalue weighted by Crippen LogP contribution is 2.22. The van der Waals surface area contributed by atoms with E-state index in [0.717, 1.165) is 0 Å². The number of aryl methyl sites for hydroxylation is 1. The molecule has 0 radical (unpaired) electrons. The number of hydrogen-bond donors (Lipinski definition) is 0. The fraction of sp³-hybridized carbons (Fsp3) is 0.294. The van der Waals surface area contributed by atoms with Gasteiger partial charge < -0.3 is 9.32 Å². The number of rotatable bonds is 7. The maximum atomic E-state index is 12.9. The number of amides is 1. The average molecular weight is 356 g/mol. The molecule has 0 fully saturated rings. The monoisotopic (exact) mass is 356 g/mol. The molecular weight excluding hydrogens is 340 g/mol. The van der Waals surface area contributed by atoms with E-state index >= 15 is 0 Å². The maximum Gasteiger partial charge on any atom is 0.406 e. The molecule has 0 saturated heterocycles. The van der Waals surface area contributed by atoms with Crippen molar-refractivity contribution >= 4 is 5.91 Å². The molecule has 0 atom stereocenters. The number of carbonyl (C=O) groups is 1. The Morgan fingerprint density at radius 3 is 2.56 bits per heavy atom. The molecular formula is C17H16F4N2O2. The lowest BCUT2D eigenvalue weighted by atomic mass is 10.2. The molecule has 0 N–H and O–H groups in total. The van der Waals surface area contributed by atoms with Crippen LogP contribution in [0.4, 0.5) is 17.6 Å². The van der Waals surface area contributed by atoms with Crippen molar-refractivity contribution in [1.82, 2.24) is 9.88 Å². The molecule has 1 aromatic carbocycles. The van der Waals surface area contributed by atoms with Gasteiger partial charge in [0.15, 0.2) is 11.7 Å². The van der Waals surface area contributed by atoms with Crippen molar-refractivity contribution in [2.75, 3.05) is 13.1 Å². The van der Waals surface area contributed by atoms with Crippen LogP contribution in [0.15, 0.2) is 47.5 Å². The van der Waals surface area contributed by atoms with Gasteiger partial charge in [-0.25, -0.2) is 9.37 Å². The first kappa shape index (κ1) is 18.7. The number of benzene rings is 1. The number of aromatic nitrogens is 1. The Balaban J connectivity index is 1.97. The standard InChI is InChI=1S/C17H16F4N2O2/c1-2-9-23(11-17(19,20)21)16(24)8-7-15-22-10-14(25-15)12-3-5-13(18)6-4-12/h2-6,10H,1,7-9,11H2. The third-order valence-corrected chi connectivity index (χ3v) is 3.31. The topological polar surface area (TPSA) is 46.3 Å². The van der Waals surface area contributed by atoms with Crippen LogP contribution in [0.3, 0.4) is 0 Å². The Labute approximate surface area is 141 Å². The molecule has 0 unspecified atom stereocenters. The van der Waals surface area contributed by atoms with Gasteiger partial charge in [0, 0.05) is 24.9 Å². The van der Waals surface area contributed by atoms with Crippen molar-refractivity contribution in [3.8, 4) is 11.3 Å². The largest absolute Gasteiger partial charge is 0.441 e. The van der Waals surface area contributed by atoms with E-state index in [2.05, 4.69) is 11.6 Å². The SMILES string of the molecule is C=CCN(CC(F)(F)F)C(=O)CCc1ncc(-c2ccc(F)cc2)o1. The predicted molar refractivity (Wildman–Crippen MR) is 83.1 cm³/mol. The number of halogens is 4. The maximum absolute atomic E-state index is 12.9. The first-order valence-electron chi connectivity index (χ1n) is 7.44. The van der Waals surface area contributed by atoms with E-state index in [9.17, 15) is 22.4 Å². The molecule has 0 aliphatic rings. The Kier molecular flexibility index (Phi) is 5.95. The molecule has 0 saturated carbocycles. The molecule has 25 heavy (non-hydrogen) atoms. The molecule has 134 valence electrons. The summed E-state index contributed by atoms with van der Waals surface area (Å²) < 4.78 is 55.8. The Morgan fingerprint density at radius 2 is 1.96 bits per heavy atom. The van der Waals surface area contributed by atoms with Gasteiger partial charge in [-0.1, -0.05) is 6.08 Å². The van der Waals surface area contributed by atoms with Gasteiger partial charge in [0.25, 0.3) is 0 Å². The van der Waals surface area contributed by atoms with Crippen LogP contribution >= 0.6 is 0 Å². The van der Waals surface area contributed by atoms with E-state index < -0.39 is 18.6 Å². The van der Waals surface area contributed by atoms with Gasteiger partial charge in [-0.05, 0) is 24.3 Å². The summed E-state index contributed by atoms with van der Waals surface area (Å²) in [5.74, 6) is -0.446. The molecule has 2 aromatic rings. The van der Waals surface area contributed by atoms with Crippen LogP contribution in [0.1, 0.15) is 12.3 Å². The van der Waals surface area contributed by atoms with E-state index in [1.807, 2.05) is 0 Å². The molecule has 1 heterocycles. The van der Waals surface area contributed by atoms with Crippen LogP contribution < -0.4 is 0 Å². The highest BCUT2D eigenvalue weighted by atomic mass is 19.4. The summed E-state index contributed by atoms with van der Waals surface area (Å²) in [5, 5.41) is 0. The molecule has 0 aliphatic carbocycles. The zero-order valence-electron chi connectivity index (χ0n) is 13.2. The minimum absolute atomic E-state index is 0.0610. The second-order valence-corrected chi connectivity index (χ2v) is 5.30. The van der Waals surface area contributed by atoms with Gasteiger partial charge in [0.1, 0.15) is 12.4 Å². The van der Waals surface area contributed by atoms with Gasteiger partial charge in [-0.3, -0.25) is 4.79 Å². The number of alkyl halides is 3. The second kappa shape index (κ2) is 7.96. The van der Waals surface area contributed by atoms with Gasteiger partial charge in [-0.2, -0.15) is 13.2 Å². The number of nitrogens with zero attached hydrogens (tertiary/aromatic N) is 2. The molecule has 0 spiro atoms. The number of hydrogen-bond acceptors (Lipinski definition) is 3. The number of carbonyl (C=O) groups excluding carboxylic acids is 1. The molecule has 1 amide bonds. The van der Waals surface area contributed by atoms with Crippen molar-refractivity contribution in [1.29, 1.82) is 0 Å². The van der Waals surface area contributed by atoms with Gasteiger partial charge in [0.2, 0.25) is 5.91 Å². The number of oxazole rings is 1. The molecule has 2 rings (SSSR count). The van der Waals surface area contributed by atoms with Crippen molar-refractivity contribution in [3.63, 3.8) is 0 Å². The summed E-state index contributed by atoms with van der Waals surface area (Å²) in [5.41, 5.74) is 0.608. The summed E-state index contributed by atoms with van der Waals surface area (Å²) in [7, 11) is 0. The Hall–Kier alpha value is -2.64. The van der Waals surface area contributed by atoms with Crippen LogP contribution in [0.25, 0.3) is 11.3 Å². The van der Waals surface area contributed by atoms with Gasteiger partial charge in [0.05, 0.1) is 6.20 Å². The molecule has 4 nitrogen and oxygen atoms in total. The zero-order chi connectivity index (χ0) is 18.4. The lowest BCUT2D eigenvalue weighted by molar-refractivity contribution is -0.160. The molecule has 0 bridgehead atoms. The summed E-state index contributed by atoms with van der Waals surface area (Å²) in [6.07, 6.45) is -1.93. The quantitative estimate of drug-likeness (QED) is 0.557. The molecule has 0 aliphatic heterocycles. The van der Waals surface area contributed by atoms with Gasteiger partial charge in [-0.15, -0.1) is 6.58 Å². The van der Waals surface area contributed by atoms with E-state index in [-0.39, 0.29) is 31.1 Å². The highest BCUT2D eigenvalue weighted by Gasteiger charge is 2.32. The Morgan fingerprint density at radius 1 is 1.28 bits per heavy atom. The van der Waals surface area contributed by atoms with Crippen molar-refractivity contribution in [3.05, 3.63) is 54.8 Å². The first-order chi connectivity index (χ1) is 11.8. The Bertz CT molecular complexity index is 723. The van der Waals surface area contributed by atoms with Crippen LogP contribution in [0.5, 0.6) is 0 Å². The van der Waals surface area contributed by atoms with Crippen LogP contribution in [-0.2, 0) is 11.2 Å². The van der Waals surface area contributed by atoms with Crippen molar-refractivity contribution in [2.24, 2.45) is 0 Å². The van der Waals surface area contributed by atoms with E-state index in [1.165, 1.54) is 36.5 Å². The minimum Gasteiger partial charge on any atom is -0.441 e. The van der Waals surface area contributed by atoms with E-state index in [0.29, 0.717) is 16.2 Å². The minimum atomic E-state index is -4.47. The molecule has 1 aromatic heterocycles. The fourth-order valence-electron chi connectivity index (χ4n) is 2.17. The molecule has 8 heteroatoms. The predicted octanol–water partition coefficient (Wildman–Crippen LogP) is 3.99. The zero-order valence-corrected chi connectivity index (χ0v) is 13.2. The second-order valence-electron chi connectivity index (χ2n) is 5.30. The smallest absolute Gasteiger partial charge is 0.406 e.